The first-order valence-corrected chi connectivity index (χ1v) is 3.12. The number of aryl methyl sites for hydroxylation is 1. The molecule has 0 radical (unpaired) electrons. The molecular weight excluding hydrogens is 147 g/mol. The van der Waals surface area contributed by atoms with Gasteiger partial charge in [-0.3, -0.25) is 0 Å². The van der Waals surface area contributed by atoms with Crippen LogP contribution in [-0.2, 0) is 0 Å². The fourth-order valence-corrected chi connectivity index (χ4v) is 0.771. The fraction of sp³-hybridized carbons (Fsp3) is 0.125. The van der Waals surface area contributed by atoms with Crippen molar-refractivity contribution in [2.24, 2.45) is 0 Å². The smallest absolute Gasteiger partial charge is 0.401 e. The molecule has 0 saturated carbocycles. The molecule has 2 nitrogen and oxygen atoms in total. The maximum atomic E-state index is 11.7. The molecule has 0 atom stereocenters. The van der Waals surface area contributed by atoms with E-state index in [9.17, 15) is 9.18 Å². The largest absolute Gasteiger partial charge is 0.500 e. The van der Waals surface area contributed by atoms with Gasteiger partial charge in [0, 0.05) is 0 Å². The second kappa shape index (κ2) is 3.14. The highest BCUT2D eigenvalue weighted by molar-refractivity contribution is 5.62. The van der Waals surface area contributed by atoms with Crippen LogP contribution in [0.15, 0.2) is 24.3 Å². The first kappa shape index (κ1) is 7.72. The third-order valence-corrected chi connectivity index (χ3v) is 1.19. The average Bonchev–Trinajstić information content (AvgIpc) is 1.85. The van der Waals surface area contributed by atoms with Crippen LogP contribution in [0.1, 0.15) is 5.56 Å². The number of hydrogen-bond acceptors (Lipinski definition) is 2. The maximum Gasteiger partial charge on any atom is 0.500 e. The predicted octanol–water partition coefficient (Wildman–Crippen LogP) is 2.46. The van der Waals surface area contributed by atoms with Crippen molar-refractivity contribution in [1.29, 1.82) is 0 Å². The summed E-state index contributed by atoms with van der Waals surface area (Å²) in [5, 5.41) is 0. The van der Waals surface area contributed by atoms with E-state index in [4.69, 9.17) is 0 Å². The number of benzene rings is 1. The van der Waals surface area contributed by atoms with Crippen molar-refractivity contribution in [2.45, 2.75) is 6.92 Å². The highest BCUT2D eigenvalue weighted by Gasteiger charge is 1.99. The van der Waals surface area contributed by atoms with Crippen molar-refractivity contribution in [3.05, 3.63) is 29.8 Å². The first-order chi connectivity index (χ1) is 5.18. The van der Waals surface area contributed by atoms with E-state index >= 15 is 0 Å². The number of carbonyl (C=O) groups excluding carboxylic acids is 1. The summed E-state index contributed by atoms with van der Waals surface area (Å²) in [6.07, 6.45) is -1.78. The van der Waals surface area contributed by atoms with E-state index in [1.807, 2.05) is 13.0 Å². The van der Waals surface area contributed by atoms with Gasteiger partial charge < -0.3 is 4.74 Å². The monoisotopic (exact) mass is 154 g/mol. The van der Waals surface area contributed by atoms with Crippen LogP contribution in [0.3, 0.4) is 0 Å². The summed E-state index contributed by atoms with van der Waals surface area (Å²) in [6, 6.07) is 6.62. The van der Waals surface area contributed by atoms with Crippen LogP contribution in [-0.4, -0.2) is 6.22 Å². The Bertz CT molecular complexity index is 271. The molecule has 0 spiro atoms. The van der Waals surface area contributed by atoms with Crippen LogP contribution < -0.4 is 4.74 Å². The molecule has 0 fully saturated rings. The van der Waals surface area contributed by atoms with E-state index in [0.29, 0.717) is 0 Å². The standard InChI is InChI=1S/C8H7FO2/c1-6-3-2-4-7(5-6)11-8(9)10/h2-5H,1H3. The Morgan fingerprint density at radius 1 is 1.55 bits per heavy atom. The van der Waals surface area contributed by atoms with Crippen LogP contribution in [0, 0.1) is 6.92 Å². The van der Waals surface area contributed by atoms with E-state index in [-0.39, 0.29) is 5.75 Å². The van der Waals surface area contributed by atoms with Crippen LogP contribution in [0.2, 0.25) is 0 Å². The molecule has 0 aliphatic rings. The second-order valence-electron chi connectivity index (χ2n) is 2.16. The average molecular weight is 154 g/mol. The molecule has 58 valence electrons. The lowest BCUT2D eigenvalue weighted by Gasteiger charge is -1.97. The van der Waals surface area contributed by atoms with Crippen LogP contribution in [0.4, 0.5) is 9.18 Å². The summed E-state index contributed by atoms with van der Waals surface area (Å²) in [5.41, 5.74) is 0.920. The van der Waals surface area contributed by atoms with Gasteiger partial charge in [0.15, 0.2) is 0 Å². The van der Waals surface area contributed by atoms with Crippen molar-refractivity contribution in [2.75, 3.05) is 0 Å². The summed E-state index contributed by atoms with van der Waals surface area (Å²) in [6.45, 7) is 1.83. The van der Waals surface area contributed by atoms with Gasteiger partial charge in [0.2, 0.25) is 0 Å². The Morgan fingerprint density at radius 3 is 2.82 bits per heavy atom. The zero-order chi connectivity index (χ0) is 8.27. The molecule has 0 aliphatic heterocycles. The van der Waals surface area contributed by atoms with E-state index < -0.39 is 6.22 Å². The molecule has 1 rings (SSSR count). The van der Waals surface area contributed by atoms with Gasteiger partial charge in [-0.15, -0.1) is 4.39 Å². The molecule has 1 aromatic rings. The van der Waals surface area contributed by atoms with E-state index in [1.165, 1.54) is 6.07 Å². The summed E-state index contributed by atoms with van der Waals surface area (Å²) in [7, 11) is 0. The third-order valence-electron chi connectivity index (χ3n) is 1.19. The highest BCUT2D eigenvalue weighted by atomic mass is 19.1. The quantitative estimate of drug-likeness (QED) is 0.581. The maximum absolute atomic E-state index is 11.7. The van der Waals surface area contributed by atoms with Crippen LogP contribution >= 0.6 is 0 Å². The Hall–Kier alpha value is -1.38. The number of ether oxygens (including phenoxy) is 1. The molecule has 0 heterocycles. The third kappa shape index (κ3) is 2.37. The van der Waals surface area contributed by atoms with E-state index in [1.54, 1.807) is 12.1 Å². The first-order valence-electron chi connectivity index (χ1n) is 3.12. The molecule has 0 amide bonds. The fourth-order valence-electron chi connectivity index (χ4n) is 0.771. The second-order valence-corrected chi connectivity index (χ2v) is 2.16. The van der Waals surface area contributed by atoms with Crippen molar-refractivity contribution < 1.29 is 13.9 Å². The van der Waals surface area contributed by atoms with Gasteiger partial charge in [0.1, 0.15) is 5.75 Å². The summed E-state index contributed by atoms with van der Waals surface area (Å²) in [4.78, 5) is 9.84. The van der Waals surface area contributed by atoms with Crippen LogP contribution in [0.25, 0.3) is 0 Å². The Morgan fingerprint density at radius 2 is 2.27 bits per heavy atom. The zero-order valence-corrected chi connectivity index (χ0v) is 6.00. The molecule has 0 bridgehead atoms. The lowest BCUT2D eigenvalue weighted by Crippen LogP contribution is -1.96. The van der Waals surface area contributed by atoms with Gasteiger partial charge in [0.25, 0.3) is 0 Å². The van der Waals surface area contributed by atoms with Gasteiger partial charge >= 0.3 is 6.22 Å². The Labute approximate surface area is 63.6 Å². The SMILES string of the molecule is Cc1cccc(OC(=O)F)c1. The van der Waals surface area contributed by atoms with E-state index in [0.717, 1.165) is 5.56 Å². The van der Waals surface area contributed by atoms with Gasteiger partial charge in [-0.1, -0.05) is 12.1 Å². The van der Waals surface area contributed by atoms with Gasteiger partial charge in [-0.25, -0.2) is 4.79 Å². The number of halogens is 1. The topological polar surface area (TPSA) is 26.3 Å². The zero-order valence-electron chi connectivity index (χ0n) is 6.00. The highest BCUT2D eigenvalue weighted by Crippen LogP contribution is 2.12. The minimum atomic E-state index is -1.78. The number of carbonyl (C=O) groups is 1. The van der Waals surface area contributed by atoms with Crippen LogP contribution in [0.5, 0.6) is 5.75 Å². The molecule has 0 unspecified atom stereocenters. The summed E-state index contributed by atoms with van der Waals surface area (Å²) >= 11 is 0. The van der Waals surface area contributed by atoms with Crippen molar-refractivity contribution in [3.63, 3.8) is 0 Å². The summed E-state index contributed by atoms with van der Waals surface area (Å²) in [5.74, 6) is 0.234. The molecule has 1 aromatic carbocycles. The van der Waals surface area contributed by atoms with Gasteiger partial charge in [-0.05, 0) is 24.6 Å². The van der Waals surface area contributed by atoms with Crippen molar-refractivity contribution >= 4 is 6.22 Å². The van der Waals surface area contributed by atoms with Crippen molar-refractivity contribution in [3.8, 4) is 5.75 Å². The minimum Gasteiger partial charge on any atom is -0.401 e. The van der Waals surface area contributed by atoms with E-state index in [2.05, 4.69) is 4.74 Å². The molecule has 3 heteroatoms. The number of rotatable bonds is 1. The Kier molecular flexibility index (Phi) is 2.21. The lowest BCUT2D eigenvalue weighted by atomic mass is 10.2. The molecule has 0 N–H and O–H groups in total. The lowest BCUT2D eigenvalue weighted by molar-refractivity contribution is 0.175. The molecule has 0 aromatic heterocycles. The van der Waals surface area contributed by atoms with Gasteiger partial charge in [0.05, 0.1) is 0 Å². The minimum absolute atomic E-state index is 0.234. The number of hydrogen-bond donors (Lipinski definition) is 0. The molecular formula is C8H7FO2. The predicted molar refractivity (Wildman–Crippen MR) is 38.3 cm³/mol. The molecule has 11 heavy (non-hydrogen) atoms. The van der Waals surface area contributed by atoms with Crippen molar-refractivity contribution in [1.82, 2.24) is 0 Å². The Balaban J connectivity index is 2.79. The molecule has 0 aliphatic carbocycles. The van der Waals surface area contributed by atoms with Gasteiger partial charge in [-0.2, -0.15) is 0 Å². The normalized spacial score (nSPS) is 9.27. The molecule has 0 saturated heterocycles. The summed E-state index contributed by atoms with van der Waals surface area (Å²) < 4.78 is 15.8.